The van der Waals surface area contributed by atoms with Crippen molar-refractivity contribution in [3.05, 3.63) is 46.3 Å². The third-order valence-corrected chi connectivity index (χ3v) is 2.84. The zero-order valence-electron chi connectivity index (χ0n) is 11.9. The second-order valence-corrected chi connectivity index (χ2v) is 4.29. The van der Waals surface area contributed by atoms with Gasteiger partial charge in [0.15, 0.2) is 0 Å². The molecule has 2 aromatic rings. The number of nitrogens with zero attached hydrogens (tertiary/aromatic N) is 3. The second kappa shape index (κ2) is 6.65. The molecule has 7 heteroatoms. The maximum atomic E-state index is 11.1. The number of rotatable bonds is 6. The molecule has 0 spiro atoms. The van der Waals surface area contributed by atoms with Gasteiger partial charge in [-0.3, -0.25) is 10.1 Å². The molecule has 0 radical (unpaired) electrons. The van der Waals surface area contributed by atoms with E-state index in [0.29, 0.717) is 12.4 Å². The van der Waals surface area contributed by atoms with Gasteiger partial charge in [0.2, 0.25) is 11.6 Å². The van der Waals surface area contributed by atoms with Crippen LogP contribution in [0.15, 0.2) is 30.6 Å². The van der Waals surface area contributed by atoms with Gasteiger partial charge in [-0.25, -0.2) is 9.97 Å². The Bertz CT molecular complexity index is 646. The summed E-state index contributed by atoms with van der Waals surface area (Å²) in [5, 5.41) is 14.2. The Morgan fingerprint density at radius 1 is 1.29 bits per heavy atom. The van der Waals surface area contributed by atoms with E-state index in [-0.39, 0.29) is 17.3 Å². The first-order valence-corrected chi connectivity index (χ1v) is 6.65. The maximum absolute atomic E-state index is 11.1. The number of ether oxygens (including phenoxy) is 1. The molecule has 0 aliphatic heterocycles. The Balaban J connectivity index is 2.30. The summed E-state index contributed by atoms with van der Waals surface area (Å²) in [5.74, 6) is 1.03. The van der Waals surface area contributed by atoms with Crippen LogP contribution in [-0.4, -0.2) is 21.4 Å². The minimum Gasteiger partial charge on any atom is -0.432 e. The van der Waals surface area contributed by atoms with E-state index >= 15 is 0 Å². The third kappa shape index (κ3) is 3.65. The molecule has 0 atom stereocenters. The highest BCUT2D eigenvalue weighted by molar-refractivity contribution is 5.50. The van der Waals surface area contributed by atoms with Crippen molar-refractivity contribution in [3.8, 4) is 11.6 Å². The van der Waals surface area contributed by atoms with Crippen molar-refractivity contribution in [2.75, 3.05) is 11.9 Å². The molecule has 0 unspecified atom stereocenters. The van der Waals surface area contributed by atoms with Crippen molar-refractivity contribution in [1.82, 2.24) is 9.97 Å². The van der Waals surface area contributed by atoms with Gasteiger partial charge in [-0.15, -0.1) is 0 Å². The first kappa shape index (κ1) is 14.7. The number of nitrogens with one attached hydrogen (secondary N) is 1. The van der Waals surface area contributed by atoms with Gasteiger partial charge in [-0.05, 0) is 25.0 Å². The first-order chi connectivity index (χ1) is 10.1. The molecule has 1 heterocycles. The molecule has 0 fully saturated rings. The lowest BCUT2D eigenvalue weighted by Crippen LogP contribution is -2.01. The topological polar surface area (TPSA) is 90.2 Å². The fraction of sp³-hybridized carbons (Fsp3) is 0.286. The summed E-state index contributed by atoms with van der Waals surface area (Å²) >= 11 is 0. The van der Waals surface area contributed by atoms with Gasteiger partial charge >= 0.3 is 5.69 Å². The molecule has 7 nitrogen and oxygen atoms in total. The van der Waals surface area contributed by atoms with Gasteiger partial charge in [0.05, 0.1) is 4.92 Å². The van der Waals surface area contributed by atoms with Crippen molar-refractivity contribution in [2.24, 2.45) is 0 Å². The summed E-state index contributed by atoms with van der Waals surface area (Å²) < 4.78 is 5.52. The highest BCUT2D eigenvalue weighted by atomic mass is 16.6. The highest BCUT2D eigenvalue weighted by Crippen LogP contribution is 2.31. The summed E-state index contributed by atoms with van der Waals surface area (Å²) in [5.41, 5.74) is 0.808. The minimum atomic E-state index is -0.457. The molecule has 1 N–H and O–H groups in total. The van der Waals surface area contributed by atoms with Gasteiger partial charge in [-0.1, -0.05) is 13.0 Å². The van der Waals surface area contributed by atoms with Crippen molar-refractivity contribution in [2.45, 2.75) is 20.3 Å². The Hall–Kier alpha value is -2.70. The molecular formula is C14H16N4O3. The van der Waals surface area contributed by atoms with Crippen molar-refractivity contribution in [1.29, 1.82) is 0 Å². The zero-order valence-corrected chi connectivity index (χ0v) is 11.9. The van der Waals surface area contributed by atoms with Crippen LogP contribution in [0.2, 0.25) is 0 Å². The molecule has 21 heavy (non-hydrogen) atoms. The molecule has 1 aromatic heterocycles. The van der Waals surface area contributed by atoms with E-state index in [4.69, 9.17) is 4.74 Å². The van der Waals surface area contributed by atoms with E-state index in [1.807, 2.05) is 13.8 Å². The molecule has 2 rings (SSSR count). The number of hydrogen-bond donors (Lipinski definition) is 1. The monoisotopic (exact) mass is 288 g/mol. The molecule has 0 bridgehead atoms. The summed E-state index contributed by atoms with van der Waals surface area (Å²) in [6.07, 6.45) is 2.07. The smallest absolute Gasteiger partial charge is 0.311 e. The van der Waals surface area contributed by atoms with Gasteiger partial charge in [0.1, 0.15) is 12.1 Å². The molecule has 0 amide bonds. The van der Waals surface area contributed by atoms with Gasteiger partial charge in [-0.2, -0.15) is 0 Å². The highest BCUT2D eigenvalue weighted by Gasteiger charge is 2.17. The van der Waals surface area contributed by atoms with Crippen molar-refractivity contribution in [3.63, 3.8) is 0 Å². The van der Waals surface area contributed by atoms with Crippen LogP contribution in [0.4, 0.5) is 11.5 Å². The standard InChI is InChI=1S/C14H16N4O3/c1-3-10-5-6-12(11(7-10)18(19)20)21-14-8-13(15-4-2)16-9-17-14/h5-9H,3-4H2,1-2H3,(H,15,16,17). The number of aromatic nitrogens is 2. The van der Waals surface area contributed by atoms with E-state index in [1.54, 1.807) is 18.2 Å². The fourth-order valence-corrected chi connectivity index (χ4v) is 1.80. The summed E-state index contributed by atoms with van der Waals surface area (Å²) in [6, 6.07) is 6.50. The fourth-order valence-electron chi connectivity index (χ4n) is 1.80. The lowest BCUT2D eigenvalue weighted by molar-refractivity contribution is -0.385. The van der Waals surface area contributed by atoms with Crippen LogP contribution < -0.4 is 10.1 Å². The van der Waals surface area contributed by atoms with E-state index in [9.17, 15) is 10.1 Å². The first-order valence-electron chi connectivity index (χ1n) is 6.65. The third-order valence-electron chi connectivity index (χ3n) is 2.84. The normalized spacial score (nSPS) is 10.2. The molecule has 110 valence electrons. The number of aryl methyl sites for hydroxylation is 1. The van der Waals surface area contributed by atoms with E-state index in [1.165, 1.54) is 12.4 Å². The predicted octanol–water partition coefficient (Wildman–Crippen LogP) is 3.17. The molecule has 0 saturated heterocycles. The Morgan fingerprint density at radius 2 is 2.10 bits per heavy atom. The van der Waals surface area contributed by atoms with Crippen LogP contribution in [0.5, 0.6) is 11.6 Å². The Morgan fingerprint density at radius 3 is 2.76 bits per heavy atom. The molecular weight excluding hydrogens is 272 g/mol. The number of hydrogen-bond acceptors (Lipinski definition) is 6. The van der Waals surface area contributed by atoms with Crippen LogP contribution in [0.3, 0.4) is 0 Å². The van der Waals surface area contributed by atoms with E-state index in [0.717, 1.165) is 12.0 Å². The van der Waals surface area contributed by atoms with Crippen LogP contribution in [0.25, 0.3) is 0 Å². The van der Waals surface area contributed by atoms with Crippen LogP contribution in [0.1, 0.15) is 19.4 Å². The molecule has 0 aliphatic carbocycles. The second-order valence-electron chi connectivity index (χ2n) is 4.29. The van der Waals surface area contributed by atoms with Crippen LogP contribution in [0, 0.1) is 10.1 Å². The Kier molecular flexibility index (Phi) is 4.65. The quantitative estimate of drug-likeness (QED) is 0.648. The summed E-state index contributed by atoms with van der Waals surface area (Å²) in [7, 11) is 0. The van der Waals surface area contributed by atoms with Crippen molar-refractivity contribution < 1.29 is 9.66 Å². The van der Waals surface area contributed by atoms with Crippen LogP contribution >= 0.6 is 0 Å². The number of nitro benzene ring substituents is 1. The van der Waals surface area contributed by atoms with Crippen LogP contribution in [-0.2, 0) is 6.42 Å². The number of nitro groups is 1. The SMILES string of the molecule is CCNc1cc(Oc2ccc(CC)cc2[N+](=O)[O-])ncn1. The van der Waals surface area contributed by atoms with Gasteiger partial charge in [0, 0.05) is 18.7 Å². The molecule has 1 aromatic carbocycles. The Labute approximate surface area is 122 Å². The zero-order chi connectivity index (χ0) is 15.2. The maximum Gasteiger partial charge on any atom is 0.311 e. The van der Waals surface area contributed by atoms with Gasteiger partial charge in [0.25, 0.3) is 0 Å². The minimum absolute atomic E-state index is 0.0713. The lowest BCUT2D eigenvalue weighted by Gasteiger charge is -2.08. The largest absolute Gasteiger partial charge is 0.432 e. The molecule has 0 aliphatic rings. The molecule has 0 saturated carbocycles. The number of anilines is 1. The van der Waals surface area contributed by atoms with E-state index < -0.39 is 4.92 Å². The van der Waals surface area contributed by atoms with E-state index in [2.05, 4.69) is 15.3 Å². The van der Waals surface area contributed by atoms with Gasteiger partial charge < -0.3 is 10.1 Å². The number of benzene rings is 1. The summed E-state index contributed by atoms with van der Waals surface area (Å²) in [6.45, 7) is 4.59. The summed E-state index contributed by atoms with van der Waals surface area (Å²) in [4.78, 5) is 18.7. The van der Waals surface area contributed by atoms with Crippen molar-refractivity contribution >= 4 is 11.5 Å². The average Bonchev–Trinajstić information content (AvgIpc) is 2.48. The lowest BCUT2D eigenvalue weighted by atomic mass is 10.1. The predicted molar refractivity (Wildman–Crippen MR) is 78.7 cm³/mol. The average molecular weight is 288 g/mol.